The molecular weight excluding hydrogens is 404 g/mol. The van der Waals surface area contributed by atoms with Gasteiger partial charge in [0.15, 0.2) is 10.8 Å². The van der Waals surface area contributed by atoms with Crippen LogP contribution < -0.4 is 16.2 Å². The molecular formula is C20H22N6O3S. The van der Waals surface area contributed by atoms with E-state index < -0.39 is 17.2 Å². The maximum absolute atomic E-state index is 12.4. The van der Waals surface area contributed by atoms with Crippen LogP contribution in [0.2, 0.25) is 0 Å². The van der Waals surface area contributed by atoms with Crippen molar-refractivity contribution in [2.24, 2.45) is 0 Å². The summed E-state index contributed by atoms with van der Waals surface area (Å²) in [7, 11) is 0. The van der Waals surface area contributed by atoms with E-state index in [-0.39, 0.29) is 16.8 Å². The Morgan fingerprint density at radius 2 is 1.97 bits per heavy atom. The number of hydrogen-bond donors (Lipinski definition) is 3. The van der Waals surface area contributed by atoms with Crippen molar-refractivity contribution in [1.29, 1.82) is 0 Å². The van der Waals surface area contributed by atoms with Gasteiger partial charge in [0.1, 0.15) is 5.39 Å². The molecule has 1 aliphatic carbocycles. The van der Waals surface area contributed by atoms with Gasteiger partial charge in [0.05, 0.1) is 17.1 Å². The molecule has 0 unspecified atom stereocenters. The highest BCUT2D eigenvalue weighted by Gasteiger charge is 2.22. The zero-order valence-corrected chi connectivity index (χ0v) is 17.2. The van der Waals surface area contributed by atoms with Gasteiger partial charge in [-0.1, -0.05) is 42.8 Å². The van der Waals surface area contributed by atoms with Gasteiger partial charge in [-0.3, -0.25) is 14.9 Å². The molecule has 10 heteroatoms. The van der Waals surface area contributed by atoms with E-state index in [0.717, 1.165) is 43.1 Å². The Morgan fingerprint density at radius 1 is 1.23 bits per heavy atom. The van der Waals surface area contributed by atoms with Crippen LogP contribution in [-0.4, -0.2) is 43.0 Å². The van der Waals surface area contributed by atoms with E-state index in [2.05, 4.69) is 25.7 Å². The van der Waals surface area contributed by atoms with Crippen LogP contribution in [0.5, 0.6) is 0 Å². The van der Waals surface area contributed by atoms with Crippen LogP contribution in [0.25, 0.3) is 16.7 Å². The fraction of sp³-hybridized carbons (Fsp3) is 0.350. The van der Waals surface area contributed by atoms with Gasteiger partial charge in [0.2, 0.25) is 5.91 Å². The Bertz CT molecular complexity index is 1120. The van der Waals surface area contributed by atoms with Gasteiger partial charge in [-0.05, 0) is 31.9 Å². The summed E-state index contributed by atoms with van der Waals surface area (Å²) < 4.78 is 1.58. The zero-order valence-electron chi connectivity index (χ0n) is 16.4. The number of aromatic amines is 1. The molecule has 1 aliphatic rings. The molecule has 3 amide bonds. The van der Waals surface area contributed by atoms with Crippen molar-refractivity contribution >= 4 is 34.7 Å². The smallest absolute Gasteiger partial charge is 0.321 e. The first-order valence-corrected chi connectivity index (χ1v) is 10.7. The summed E-state index contributed by atoms with van der Waals surface area (Å²) in [5.74, 6) is -0.449. The van der Waals surface area contributed by atoms with Crippen molar-refractivity contribution in [2.45, 2.75) is 49.1 Å². The van der Waals surface area contributed by atoms with Gasteiger partial charge in [0, 0.05) is 6.04 Å². The van der Waals surface area contributed by atoms with E-state index in [9.17, 15) is 14.4 Å². The third-order valence-corrected chi connectivity index (χ3v) is 5.99. The van der Waals surface area contributed by atoms with Gasteiger partial charge in [0.25, 0.3) is 5.56 Å². The van der Waals surface area contributed by atoms with Crippen LogP contribution in [0.4, 0.5) is 4.79 Å². The third-order valence-electron chi connectivity index (χ3n) is 5.00. The summed E-state index contributed by atoms with van der Waals surface area (Å²) in [4.78, 5) is 44.0. The Morgan fingerprint density at radius 3 is 2.70 bits per heavy atom. The predicted octanol–water partition coefficient (Wildman–Crippen LogP) is 2.36. The molecule has 1 aromatic carbocycles. The number of thioether (sulfide) groups is 1. The number of imide groups is 1. The van der Waals surface area contributed by atoms with Crippen molar-refractivity contribution < 1.29 is 9.59 Å². The van der Waals surface area contributed by atoms with Gasteiger partial charge in [-0.25, -0.2) is 14.5 Å². The normalized spacial score (nSPS) is 15.2. The van der Waals surface area contributed by atoms with Crippen molar-refractivity contribution in [2.75, 3.05) is 0 Å². The SMILES string of the molecule is C[C@H](Sc1nc2c(cnn2-c2ccccc2)c(=O)[nH]1)C(=O)NC(=O)NC1CCCC1. The number of carbonyl (C=O) groups is 2. The largest absolute Gasteiger partial charge is 0.335 e. The molecule has 2 heterocycles. The first-order valence-electron chi connectivity index (χ1n) is 9.83. The van der Waals surface area contributed by atoms with E-state index in [1.165, 1.54) is 6.20 Å². The number of nitrogens with zero attached hydrogens (tertiary/aromatic N) is 3. The molecule has 1 saturated carbocycles. The van der Waals surface area contributed by atoms with E-state index in [1.54, 1.807) is 11.6 Å². The fourth-order valence-corrected chi connectivity index (χ4v) is 4.23. The van der Waals surface area contributed by atoms with Crippen LogP contribution >= 0.6 is 11.8 Å². The first-order chi connectivity index (χ1) is 14.5. The van der Waals surface area contributed by atoms with Crippen LogP contribution in [0.3, 0.4) is 0 Å². The second kappa shape index (κ2) is 8.70. The molecule has 0 bridgehead atoms. The molecule has 3 aromatic rings. The lowest BCUT2D eigenvalue weighted by molar-refractivity contribution is -0.119. The molecule has 0 spiro atoms. The summed E-state index contributed by atoms with van der Waals surface area (Å²) in [6.07, 6.45) is 5.52. The highest BCUT2D eigenvalue weighted by molar-refractivity contribution is 8.00. The number of fused-ring (bicyclic) bond motifs is 1. The van der Waals surface area contributed by atoms with Crippen molar-refractivity contribution in [3.8, 4) is 5.69 Å². The summed E-state index contributed by atoms with van der Waals surface area (Å²) in [6.45, 7) is 1.65. The van der Waals surface area contributed by atoms with Crippen molar-refractivity contribution in [1.82, 2.24) is 30.4 Å². The third kappa shape index (κ3) is 4.38. The maximum Gasteiger partial charge on any atom is 0.321 e. The highest BCUT2D eigenvalue weighted by Crippen LogP contribution is 2.22. The average molecular weight is 427 g/mol. The number of H-pyrrole nitrogens is 1. The molecule has 1 atom stereocenters. The van der Waals surface area contributed by atoms with Crippen LogP contribution in [-0.2, 0) is 4.79 Å². The molecule has 0 radical (unpaired) electrons. The molecule has 0 aliphatic heterocycles. The number of carbonyl (C=O) groups excluding carboxylic acids is 2. The Balaban J connectivity index is 1.48. The van der Waals surface area contributed by atoms with Crippen LogP contribution in [0.1, 0.15) is 32.6 Å². The minimum atomic E-state index is -0.631. The maximum atomic E-state index is 12.4. The summed E-state index contributed by atoms with van der Waals surface area (Å²) in [5.41, 5.74) is 0.839. The number of urea groups is 1. The summed E-state index contributed by atoms with van der Waals surface area (Å²) >= 11 is 1.07. The molecule has 30 heavy (non-hydrogen) atoms. The molecule has 3 N–H and O–H groups in total. The molecule has 2 aromatic heterocycles. The van der Waals surface area contributed by atoms with Crippen molar-refractivity contribution in [3.05, 3.63) is 46.9 Å². The molecule has 4 rings (SSSR count). The zero-order chi connectivity index (χ0) is 21.1. The lowest BCUT2D eigenvalue weighted by Crippen LogP contribution is -2.46. The quantitative estimate of drug-likeness (QED) is 0.425. The van der Waals surface area contributed by atoms with Crippen molar-refractivity contribution in [3.63, 3.8) is 0 Å². The van der Waals surface area contributed by atoms with E-state index >= 15 is 0 Å². The second-order valence-electron chi connectivity index (χ2n) is 7.20. The summed E-state index contributed by atoms with van der Waals surface area (Å²) in [5, 5.41) is 9.45. The number of benzene rings is 1. The van der Waals surface area contributed by atoms with Crippen LogP contribution in [0.15, 0.2) is 46.5 Å². The average Bonchev–Trinajstić information content (AvgIpc) is 3.38. The summed E-state index contributed by atoms with van der Waals surface area (Å²) in [6, 6.07) is 8.99. The number of para-hydroxylation sites is 1. The van der Waals surface area contributed by atoms with E-state index in [0.29, 0.717) is 11.0 Å². The Hall–Kier alpha value is -3.14. The molecule has 1 fully saturated rings. The van der Waals surface area contributed by atoms with E-state index in [4.69, 9.17) is 0 Å². The molecule has 0 saturated heterocycles. The minimum absolute atomic E-state index is 0.125. The van der Waals surface area contributed by atoms with Gasteiger partial charge < -0.3 is 10.3 Å². The number of rotatable bonds is 5. The lowest BCUT2D eigenvalue weighted by Gasteiger charge is -2.14. The van der Waals surface area contributed by atoms with Gasteiger partial charge >= 0.3 is 6.03 Å². The minimum Gasteiger partial charge on any atom is -0.335 e. The number of aromatic nitrogens is 4. The standard InChI is InChI=1S/C20H22N6O3S/c1-12(17(27)24-19(29)22-13-7-5-6-8-13)30-20-23-16-15(18(28)25-20)11-21-26(16)14-9-3-2-4-10-14/h2-4,9-13H,5-8H2,1H3,(H,23,25,28)(H2,22,24,27,29)/t12-/m0/s1. The highest BCUT2D eigenvalue weighted by atomic mass is 32.2. The Kier molecular flexibility index (Phi) is 5.84. The first kappa shape index (κ1) is 20.1. The van der Waals surface area contributed by atoms with Crippen LogP contribution in [0, 0.1) is 0 Å². The molecule has 9 nitrogen and oxygen atoms in total. The topological polar surface area (TPSA) is 122 Å². The van der Waals surface area contributed by atoms with E-state index in [1.807, 2.05) is 30.3 Å². The predicted molar refractivity (Wildman–Crippen MR) is 114 cm³/mol. The second-order valence-corrected chi connectivity index (χ2v) is 8.53. The monoisotopic (exact) mass is 426 g/mol. The van der Waals surface area contributed by atoms with Gasteiger partial charge in [-0.15, -0.1) is 0 Å². The molecule has 156 valence electrons. The number of hydrogen-bond acceptors (Lipinski definition) is 6. The lowest BCUT2D eigenvalue weighted by atomic mass is 10.2. The number of amides is 3. The fourth-order valence-electron chi connectivity index (χ4n) is 3.44. The van der Waals surface area contributed by atoms with Gasteiger partial charge in [-0.2, -0.15) is 5.10 Å². The Labute approximate surface area is 176 Å². The number of nitrogens with one attached hydrogen (secondary N) is 3.